The molecule has 0 spiro atoms. The van der Waals surface area contributed by atoms with Crippen LogP contribution < -0.4 is 4.90 Å². The van der Waals surface area contributed by atoms with Crippen LogP contribution in [0.15, 0.2) is 24.5 Å². The lowest BCUT2D eigenvalue weighted by Crippen LogP contribution is -2.52. The first kappa shape index (κ1) is 22.5. The van der Waals surface area contributed by atoms with Gasteiger partial charge in [0.25, 0.3) is 5.91 Å². The Balaban J connectivity index is 1.37. The van der Waals surface area contributed by atoms with Crippen LogP contribution in [0, 0.1) is 0 Å². The smallest absolute Gasteiger partial charge is 0.393 e. The third kappa shape index (κ3) is 4.88. The van der Waals surface area contributed by atoms with Crippen LogP contribution in [0.1, 0.15) is 41.4 Å². The molecule has 0 radical (unpaired) electrons. The van der Waals surface area contributed by atoms with Crippen LogP contribution in [-0.4, -0.2) is 80.9 Å². The molecule has 2 aromatic heterocycles. The maximum Gasteiger partial charge on any atom is 0.417 e. The molecule has 1 amide bonds. The Morgan fingerprint density at radius 1 is 1.19 bits per heavy atom. The van der Waals surface area contributed by atoms with Crippen molar-refractivity contribution in [3.05, 3.63) is 41.3 Å². The molecule has 0 aliphatic carbocycles. The second-order valence-electron chi connectivity index (χ2n) is 8.47. The third-order valence-corrected chi connectivity index (χ3v) is 6.16. The van der Waals surface area contributed by atoms with Crippen molar-refractivity contribution in [2.24, 2.45) is 0 Å². The highest BCUT2D eigenvalue weighted by atomic mass is 19.4. The summed E-state index contributed by atoms with van der Waals surface area (Å²) in [6.45, 7) is 5.57. The Hall–Kier alpha value is -2.66. The number of H-pyrrole nitrogens is 1. The summed E-state index contributed by atoms with van der Waals surface area (Å²) < 4.78 is 38.4. The van der Waals surface area contributed by atoms with Crippen molar-refractivity contribution in [3.63, 3.8) is 0 Å². The van der Waals surface area contributed by atoms with Crippen LogP contribution in [0.5, 0.6) is 0 Å². The number of aromatic nitrogens is 3. The van der Waals surface area contributed by atoms with Gasteiger partial charge >= 0.3 is 6.18 Å². The molecule has 2 aliphatic heterocycles. The van der Waals surface area contributed by atoms with Crippen LogP contribution in [-0.2, 0) is 12.7 Å². The first-order valence-corrected chi connectivity index (χ1v) is 10.7. The minimum atomic E-state index is -4.40. The zero-order valence-electron chi connectivity index (χ0n) is 17.8. The van der Waals surface area contributed by atoms with E-state index in [4.69, 9.17) is 0 Å². The number of aromatic amines is 1. The largest absolute Gasteiger partial charge is 0.417 e. The van der Waals surface area contributed by atoms with Crippen molar-refractivity contribution in [3.8, 4) is 0 Å². The van der Waals surface area contributed by atoms with Gasteiger partial charge in [0.05, 0.1) is 17.9 Å². The fraction of sp³-hybridized carbons (Fsp3) is 0.571. The average Bonchev–Trinajstić information content (AvgIpc) is 3.21. The summed E-state index contributed by atoms with van der Waals surface area (Å²) >= 11 is 0. The molecule has 32 heavy (non-hydrogen) atoms. The Kier molecular flexibility index (Phi) is 6.38. The van der Waals surface area contributed by atoms with Crippen LogP contribution >= 0.6 is 0 Å². The molecule has 2 fully saturated rings. The van der Waals surface area contributed by atoms with Gasteiger partial charge in [-0.1, -0.05) is 0 Å². The van der Waals surface area contributed by atoms with E-state index in [1.165, 1.54) is 6.07 Å². The predicted molar refractivity (Wildman–Crippen MR) is 111 cm³/mol. The van der Waals surface area contributed by atoms with E-state index in [2.05, 4.69) is 20.1 Å². The van der Waals surface area contributed by atoms with E-state index in [-0.39, 0.29) is 18.1 Å². The van der Waals surface area contributed by atoms with Gasteiger partial charge < -0.3 is 14.9 Å². The minimum absolute atomic E-state index is 0.0441. The summed E-state index contributed by atoms with van der Waals surface area (Å²) in [4.78, 5) is 22.8. The fourth-order valence-electron chi connectivity index (χ4n) is 4.32. The molecule has 11 heteroatoms. The number of anilines is 1. The molecule has 0 unspecified atom stereocenters. The number of halogens is 3. The summed E-state index contributed by atoms with van der Waals surface area (Å²) in [6, 6.07) is 2.52. The highest BCUT2D eigenvalue weighted by Crippen LogP contribution is 2.30. The number of carbonyl (C=O) groups excluding carboxylic acids is 1. The lowest BCUT2D eigenvalue weighted by Gasteiger charge is -2.40. The van der Waals surface area contributed by atoms with Crippen molar-refractivity contribution in [1.29, 1.82) is 0 Å². The lowest BCUT2D eigenvalue weighted by atomic mass is 10.1. The van der Waals surface area contributed by atoms with Gasteiger partial charge in [-0.05, 0) is 31.9 Å². The number of carbonyl (C=O) groups is 1. The minimum Gasteiger partial charge on any atom is -0.393 e. The molecule has 4 heterocycles. The van der Waals surface area contributed by atoms with Crippen molar-refractivity contribution in [1.82, 2.24) is 25.0 Å². The van der Waals surface area contributed by atoms with E-state index < -0.39 is 11.7 Å². The highest BCUT2D eigenvalue weighted by molar-refractivity contribution is 5.93. The normalized spacial score (nSPS) is 21.2. The predicted octanol–water partition coefficient (Wildman–Crippen LogP) is 2.13. The van der Waals surface area contributed by atoms with Crippen LogP contribution in [0.2, 0.25) is 0 Å². The molecule has 8 nitrogen and oxygen atoms in total. The van der Waals surface area contributed by atoms with E-state index in [1.54, 1.807) is 11.1 Å². The van der Waals surface area contributed by atoms with Gasteiger partial charge in [0.15, 0.2) is 0 Å². The number of aliphatic hydroxyl groups is 1. The molecule has 2 saturated heterocycles. The summed E-state index contributed by atoms with van der Waals surface area (Å²) in [7, 11) is 0. The first-order chi connectivity index (χ1) is 15.2. The maximum absolute atomic E-state index is 12.9. The number of piperidine rings is 1. The maximum atomic E-state index is 12.9. The second kappa shape index (κ2) is 9.07. The number of piperazine rings is 1. The van der Waals surface area contributed by atoms with Gasteiger partial charge in [0, 0.05) is 57.1 Å². The Labute approximate surface area is 184 Å². The summed E-state index contributed by atoms with van der Waals surface area (Å²) in [5, 5.41) is 16.6. The number of alkyl halides is 3. The number of aliphatic hydroxyl groups excluding tert-OH is 1. The molecule has 4 rings (SSSR count). The number of rotatable bonds is 4. The number of hydrogen-bond donors (Lipinski definition) is 2. The van der Waals surface area contributed by atoms with E-state index in [0.717, 1.165) is 17.8 Å². The molecule has 0 bridgehead atoms. The monoisotopic (exact) mass is 452 g/mol. The second-order valence-corrected chi connectivity index (χ2v) is 8.47. The summed E-state index contributed by atoms with van der Waals surface area (Å²) in [6.07, 6.45) is -1.06. The third-order valence-electron chi connectivity index (χ3n) is 6.16. The topological polar surface area (TPSA) is 88.6 Å². The zero-order chi connectivity index (χ0) is 22.9. The van der Waals surface area contributed by atoms with Gasteiger partial charge in [-0.2, -0.15) is 18.3 Å². The summed E-state index contributed by atoms with van der Waals surface area (Å²) in [5.74, 6) is 0.418. The fourth-order valence-corrected chi connectivity index (χ4v) is 4.32. The Bertz CT molecular complexity index is 924. The number of likely N-dealkylation sites (tertiary alicyclic amines) is 1. The van der Waals surface area contributed by atoms with Crippen LogP contribution in [0.3, 0.4) is 0 Å². The van der Waals surface area contributed by atoms with Gasteiger partial charge in [-0.25, -0.2) is 4.98 Å². The number of amides is 1. The van der Waals surface area contributed by atoms with E-state index >= 15 is 0 Å². The first-order valence-electron chi connectivity index (χ1n) is 10.7. The standard InChI is InChI=1S/C21H27F3N6O2/c1-14-12-28(8-9-30(14)18-3-2-16(11-25-18)21(22,23)24)13-15-10-26-27-19(15)20(32)29-6-4-17(31)5-7-29/h2-3,10-11,14,17,31H,4-9,12-13H2,1H3,(H,26,27)/t14-/m1/s1. The van der Waals surface area contributed by atoms with Gasteiger partial charge in [0.2, 0.25) is 0 Å². The molecule has 2 aliphatic rings. The van der Waals surface area contributed by atoms with E-state index in [1.807, 2.05) is 11.8 Å². The number of nitrogens with zero attached hydrogens (tertiary/aromatic N) is 5. The quantitative estimate of drug-likeness (QED) is 0.739. The van der Waals surface area contributed by atoms with E-state index in [0.29, 0.717) is 63.6 Å². The SMILES string of the molecule is C[C@@H]1CN(Cc2cn[nH]c2C(=O)N2CCC(O)CC2)CCN1c1ccc(C(F)(F)F)cn1. The molecule has 1 atom stereocenters. The molecule has 2 N–H and O–H groups in total. The average molecular weight is 452 g/mol. The highest BCUT2D eigenvalue weighted by Gasteiger charge is 2.32. The van der Waals surface area contributed by atoms with Crippen LogP contribution in [0.25, 0.3) is 0 Å². The van der Waals surface area contributed by atoms with Crippen molar-refractivity contribution in [2.75, 3.05) is 37.6 Å². The molecule has 0 aromatic carbocycles. The van der Waals surface area contributed by atoms with Crippen molar-refractivity contribution < 1.29 is 23.1 Å². The van der Waals surface area contributed by atoms with E-state index in [9.17, 15) is 23.1 Å². The molecular formula is C21H27F3N6O2. The van der Waals surface area contributed by atoms with Gasteiger partial charge in [0.1, 0.15) is 11.5 Å². The van der Waals surface area contributed by atoms with Crippen LogP contribution in [0.4, 0.5) is 19.0 Å². The summed E-state index contributed by atoms with van der Waals surface area (Å²) in [5.41, 5.74) is 0.531. The zero-order valence-corrected chi connectivity index (χ0v) is 17.8. The van der Waals surface area contributed by atoms with Gasteiger partial charge in [-0.15, -0.1) is 0 Å². The Morgan fingerprint density at radius 2 is 1.94 bits per heavy atom. The van der Waals surface area contributed by atoms with Crippen molar-refractivity contribution in [2.45, 2.75) is 44.6 Å². The van der Waals surface area contributed by atoms with Crippen molar-refractivity contribution >= 4 is 11.7 Å². The molecular weight excluding hydrogens is 425 g/mol. The molecule has 174 valence electrons. The number of hydrogen-bond acceptors (Lipinski definition) is 6. The number of pyridine rings is 1. The molecule has 2 aromatic rings. The Morgan fingerprint density at radius 3 is 2.56 bits per heavy atom. The van der Waals surface area contributed by atoms with Gasteiger partial charge in [-0.3, -0.25) is 14.8 Å². The molecule has 0 saturated carbocycles. The number of nitrogens with one attached hydrogen (secondary N) is 1. The lowest BCUT2D eigenvalue weighted by molar-refractivity contribution is -0.137.